The van der Waals surface area contributed by atoms with Crippen LogP contribution in [0.25, 0.3) is 11.0 Å². The number of halogens is 1. The van der Waals surface area contributed by atoms with Crippen LogP contribution in [0.5, 0.6) is 0 Å². The van der Waals surface area contributed by atoms with E-state index in [2.05, 4.69) is 26.9 Å². The van der Waals surface area contributed by atoms with Crippen LogP contribution in [0.3, 0.4) is 0 Å². The predicted molar refractivity (Wildman–Crippen MR) is 71.9 cm³/mol. The number of aromatic nitrogens is 4. The van der Waals surface area contributed by atoms with E-state index < -0.39 is 0 Å². The first-order chi connectivity index (χ1) is 8.66. The van der Waals surface area contributed by atoms with Crippen molar-refractivity contribution >= 4 is 28.5 Å². The van der Waals surface area contributed by atoms with E-state index in [1.807, 2.05) is 13.2 Å². The summed E-state index contributed by atoms with van der Waals surface area (Å²) in [6.45, 7) is 4.03. The first-order valence-electron chi connectivity index (χ1n) is 6.18. The number of rotatable bonds is 1. The molecule has 1 saturated heterocycles. The van der Waals surface area contributed by atoms with Gasteiger partial charge < -0.3 is 4.90 Å². The Hall–Kier alpha value is -1.36. The van der Waals surface area contributed by atoms with Crippen LogP contribution in [-0.4, -0.2) is 38.2 Å². The lowest BCUT2D eigenvalue weighted by atomic mass is 9.98. The highest BCUT2D eigenvalue weighted by atomic mass is 35.5. The maximum atomic E-state index is 6.36. The zero-order valence-corrected chi connectivity index (χ0v) is 11.3. The van der Waals surface area contributed by atoms with Gasteiger partial charge in [-0.15, -0.1) is 11.6 Å². The highest BCUT2D eigenvalue weighted by Gasteiger charge is 2.26. The van der Waals surface area contributed by atoms with Gasteiger partial charge in [-0.05, 0) is 12.3 Å². The van der Waals surface area contributed by atoms with E-state index in [4.69, 9.17) is 11.6 Å². The van der Waals surface area contributed by atoms with Gasteiger partial charge in [-0.3, -0.25) is 4.68 Å². The second kappa shape index (κ2) is 4.39. The van der Waals surface area contributed by atoms with Gasteiger partial charge in [-0.25, -0.2) is 9.97 Å². The molecule has 0 saturated carbocycles. The Morgan fingerprint density at radius 1 is 1.39 bits per heavy atom. The van der Waals surface area contributed by atoms with E-state index >= 15 is 0 Å². The molecule has 0 N–H and O–H groups in total. The molecule has 1 aliphatic heterocycles. The largest absolute Gasteiger partial charge is 0.354 e. The fourth-order valence-corrected chi connectivity index (χ4v) is 2.71. The third kappa shape index (κ3) is 1.82. The Bertz CT molecular complexity index is 567. The molecule has 0 radical (unpaired) electrons. The molecule has 2 aromatic heterocycles. The molecular formula is C12H16ClN5. The molecular weight excluding hydrogens is 250 g/mol. The molecule has 0 spiro atoms. The minimum Gasteiger partial charge on any atom is -0.354 e. The molecule has 5 nitrogen and oxygen atoms in total. The van der Waals surface area contributed by atoms with Crippen LogP contribution in [0, 0.1) is 5.92 Å². The Kier molecular flexibility index (Phi) is 2.86. The molecule has 0 bridgehead atoms. The standard InChI is InChI=1S/C12H16ClN5/c1-8-3-4-18(6-10(8)13)12-9-5-16-17(2)11(9)14-7-15-12/h5,7-8,10H,3-4,6H2,1-2H3. The van der Waals surface area contributed by atoms with Crippen molar-refractivity contribution in [3.05, 3.63) is 12.5 Å². The topological polar surface area (TPSA) is 46.8 Å². The Morgan fingerprint density at radius 2 is 2.22 bits per heavy atom. The Labute approximate surface area is 111 Å². The van der Waals surface area contributed by atoms with Crippen LogP contribution >= 0.6 is 11.6 Å². The van der Waals surface area contributed by atoms with Gasteiger partial charge in [0.05, 0.1) is 17.0 Å². The van der Waals surface area contributed by atoms with Crippen LogP contribution in [-0.2, 0) is 7.05 Å². The normalized spacial score (nSPS) is 24.7. The number of aryl methyl sites for hydroxylation is 1. The zero-order valence-electron chi connectivity index (χ0n) is 10.5. The number of alkyl halides is 1. The van der Waals surface area contributed by atoms with Crippen LogP contribution in [0.1, 0.15) is 13.3 Å². The molecule has 0 aromatic carbocycles. The SMILES string of the molecule is CC1CCN(c2ncnc3c2cnn3C)CC1Cl. The summed E-state index contributed by atoms with van der Waals surface area (Å²) in [4.78, 5) is 10.9. The summed E-state index contributed by atoms with van der Waals surface area (Å²) < 4.78 is 1.77. The van der Waals surface area contributed by atoms with E-state index in [1.54, 1.807) is 11.0 Å². The summed E-state index contributed by atoms with van der Waals surface area (Å²) in [5.41, 5.74) is 0.866. The first-order valence-corrected chi connectivity index (χ1v) is 6.62. The van der Waals surface area contributed by atoms with Gasteiger partial charge in [-0.2, -0.15) is 5.10 Å². The molecule has 3 rings (SSSR count). The third-order valence-corrected chi connectivity index (χ3v) is 4.24. The van der Waals surface area contributed by atoms with Crippen molar-refractivity contribution in [2.75, 3.05) is 18.0 Å². The van der Waals surface area contributed by atoms with E-state index in [-0.39, 0.29) is 5.38 Å². The lowest BCUT2D eigenvalue weighted by Gasteiger charge is -2.34. The summed E-state index contributed by atoms with van der Waals surface area (Å²) in [6, 6.07) is 0. The van der Waals surface area contributed by atoms with E-state index in [1.165, 1.54) is 0 Å². The summed E-state index contributed by atoms with van der Waals surface area (Å²) in [5.74, 6) is 1.51. The predicted octanol–water partition coefficient (Wildman–Crippen LogP) is 1.82. The summed E-state index contributed by atoms with van der Waals surface area (Å²) in [5, 5.41) is 5.42. The number of nitrogens with zero attached hydrogens (tertiary/aromatic N) is 5. The van der Waals surface area contributed by atoms with Gasteiger partial charge in [0, 0.05) is 20.1 Å². The molecule has 1 fully saturated rings. The lowest BCUT2D eigenvalue weighted by Crippen LogP contribution is -2.40. The molecule has 6 heteroatoms. The maximum absolute atomic E-state index is 6.36. The fourth-order valence-electron chi connectivity index (χ4n) is 2.42. The number of piperidine rings is 1. The van der Waals surface area contributed by atoms with Gasteiger partial charge in [0.1, 0.15) is 12.1 Å². The second-order valence-corrected chi connectivity index (χ2v) is 5.49. The number of hydrogen-bond acceptors (Lipinski definition) is 4. The summed E-state index contributed by atoms with van der Waals surface area (Å²) >= 11 is 6.36. The Balaban J connectivity index is 1.99. The van der Waals surface area contributed by atoms with Gasteiger partial charge in [0.15, 0.2) is 5.65 Å². The van der Waals surface area contributed by atoms with Crippen molar-refractivity contribution in [3.8, 4) is 0 Å². The molecule has 96 valence electrons. The van der Waals surface area contributed by atoms with E-state index in [0.717, 1.165) is 36.4 Å². The molecule has 3 heterocycles. The molecule has 0 aliphatic carbocycles. The van der Waals surface area contributed by atoms with Gasteiger partial charge in [-0.1, -0.05) is 6.92 Å². The highest BCUT2D eigenvalue weighted by Crippen LogP contribution is 2.28. The summed E-state index contributed by atoms with van der Waals surface area (Å²) in [7, 11) is 1.89. The van der Waals surface area contributed by atoms with Gasteiger partial charge in [0.25, 0.3) is 0 Å². The van der Waals surface area contributed by atoms with Gasteiger partial charge >= 0.3 is 0 Å². The van der Waals surface area contributed by atoms with Crippen LogP contribution in [0.2, 0.25) is 0 Å². The van der Waals surface area contributed by atoms with E-state index in [0.29, 0.717) is 5.92 Å². The monoisotopic (exact) mass is 265 g/mol. The van der Waals surface area contributed by atoms with Crippen molar-refractivity contribution in [1.82, 2.24) is 19.7 Å². The summed E-state index contributed by atoms with van der Waals surface area (Å²) in [6.07, 6.45) is 4.52. The smallest absolute Gasteiger partial charge is 0.163 e. The van der Waals surface area contributed by atoms with Crippen molar-refractivity contribution in [3.63, 3.8) is 0 Å². The van der Waals surface area contributed by atoms with Crippen molar-refractivity contribution in [2.24, 2.45) is 13.0 Å². The van der Waals surface area contributed by atoms with Crippen LogP contribution < -0.4 is 4.90 Å². The first kappa shape index (κ1) is 11.7. The van der Waals surface area contributed by atoms with Gasteiger partial charge in [0.2, 0.25) is 0 Å². The van der Waals surface area contributed by atoms with Crippen molar-refractivity contribution in [2.45, 2.75) is 18.7 Å². The minimum absolute atomic E-state index is 0.181. The Morgan fingerprint density at radius 3 is 3.00 bits per heavy atom. The number of fused-ring (bicyclic) bond motifs is 1. The van der Waals surface area contributed by atoms with Crippen molar-refractivity contribution in [1.29, 1.82) is 0 Å². The van der Waals surface area contributed by atoms with Crippen LogP contribution in [0.15, 0.2) is 12.5 Å². The average Bonchev–Trinajstić information content (AvgIpc) is 2.75. The molecule has 18 heavy (non-hydrogen) atoms. The third-order valence-electron chi connectivity index (χ3n) is 3.67. The molecule has 2 atom stereocenters. The number of anilines is 1. The van der Waals surface area contributed by atoms with E-state index in [9.17, 15) is 0 Å². The second-order valence-electron chi connectivity index (χ2n) is 4.93. The molecule has 2 aromatic rings. The average molecular weight is 266 g/mol. The quantitative estimate of drug-likeness (QED) is 0.738. The fraction of sp³-hybridized carbons (Fsp3) is 0.583. The lowest BCUT2D eigenvalue weighted by molar-refractivity contribution is 0.444. The highest BCUT2D eigenvalue weighted by molar-refractivity contribution is 6.21. The maximum Gasteiger partial charge on any atom is 0.163 e. The van der Waals surface area contributed by atoms with Crippen LogP contribution in [0.4, 0.5) is 5.82 Å². The minimum atomic E-state index is 0.181. The number of hydrogen-bond donors (Lipinski definition) is 0. The molecule has 2 unspecified atom stereocenters. The van der Waals surface area contributed by atoms with Crippen molar-refractivity contribution < 1.29 is 0 Å². The zero-order chi connectivity index (χ0) is 12.7. The molecule has 0 amide bonds. The molecule has 1 aliphatic rings.